The zero-order valence-corrected chi connectivity index (χ0v) is 13.6. The zero-order chi connectivity index (χ0) is 15.2. The zero-order valence-electron chi connectivity index (χ0n) is 12.9. The molecule has 0 saturated carbocycles. The van der Waals surface area contributed by atoms with Crippen LogP contribution >= 0.6 is 11.6 Å². The molecule has 0 heterocycles. The maximum absolute atomic E-state index is 6.32. The van der Waals surface area contributed by atoms with E-state index in [1.165, 1.54) is 11.1 Å². The summed E-state index contributed by atoms with van der Waals surface area (Å²) in [5, 5.41) is 4.11. The van der Waals surface area contributed by atoms with Crippen molar-refractivity contribution in [3.8, 4) is 11.5 Å². The van der Waals surface area contributed by atoms with Crippen LogP contribution in [0.4, 0.5) is 0 Å². The predicted octanol–water partition coefficient (Wildman–Crippen LogP) is 5.25. The van der Waals surface area contributed by atoms with Crippen molar-refractivity contribution in [2.75, 3.05) is 6.54 Å². The smallest absolute Gasteiger partial charge is 0.133 e. The minimum absolute atomic E-state index is 0.716. The Hall–Kier alpha value is -1.51. The summed E-state index contributed by atoms with van der Waals surface area (Å²) >= 11 is 6.32. The Morgan fingerprint density at radius 3 is 2.48 bits per heavy atom. The first kappa shape index (κ1) is 15.9. The second kappa shape index (κ2) is 7.48. The Morgan fingerprint density at radius 1 is 1.10 bits per heavy atom. The lowest BCUT2D eigenvalue weighted by Crippen LogP contribution is -2.14. The fourth-order valence-corrected chi connectivity index (χ4v) is 2.55. The number of hydrogen-bond acceptors (Lipinski definition) is 2. The van der Waals surface area contributed by atoms with Crippen LogP contribution in [0.1, 0.15) is 30.0 Å². The molecule has 2 aromatic carbocycles. The van der Waals surface area contributed by atoms with E-state index in [0.717, 1.165) is 35.1 Å². The Morgan fingerprint density at radius 2 is 1.81 bits per heavy atom. The van der Waals surface area contributed by atoms with Gasteiger partial charge in [-0.05, 0) is 62.2 Å². The fourth-order valence-electron chi connectivity index (χ4n) is 2.32. The molecule has 2 aromatic rings. The summed E-state index contributed by atoms with van der Waals surface area (Å²) < 4.78 is 6.06. The maximum atomic E-state index is 6.32. The normalized spacial score (nSPS) is 10.7. The lowest BCUT2D eigenvalue weighted by atomic mass is 10.1. The number of hydrogen-bond donors (Lipinski definition) is 1. The molecule has 2 rings (SSSR count). The van der Waals surface area contributed by atoms with Gasteiger partial charge in [-0.3, -0.25) is 0 Å². The number of rotatable bonds is 6. The van der Waals surface area contributed by atoms with Crippen LogP contribution in [0.5, 0.6) is 11.5 Å². The number of nitrogens with one attached hydrogen (secondary N) is 1. The summed E-state index contributed by atoms with van der Waals surface area (Å²) in [6.45, 7) is 7.97. The van der Waals surface area contributed by atoms with Crippen molar-refractivity contribution in [1.82, 2.24) is 5.32 Å². The summed E-state index contributed by atoms with van der Waals surface area (Å²) in [6.07, 6.45) is 1.09. The molecule has 0 amide bonds. The standard InChI is InChI=1S/C18H22ClNO/c1-4-8-20-12-16-17(19)6-5-7-18(16)21-15-10-13(2)9-14(3)11-15/h5-7,9-11,20H,4,8,12H2,1-3H3. The van der Waals surface area contributed by atoms with Crippen molar-refractivity contribution in [3.05, 3.63) is 58.1 Å². The van der Waals surface area contributed by atoms with E-state index in [1.807, 2.05) is 30.3 Å². The van der Waals surface area contributed by atoms with Crippen molar-refractivity contribution < 1.29 is 4.74 Å². The molecule has 0 aliphatic heterocycles. The molecule has 2 nitrogen and oxygen atoms in total. The fraction of sp³-hybridized carbons (Fsp3) is 0.333. The van der Waals surface area contributed by atoms with Gasteiger partial charge in [0, 0.05) is 17.1 Å². The summed E-state index contributed by atoms with van der Waals surface area (Å²) in [6, 6.07) is 12.0. The van der Waals surface area contributed by atoms with Gasteiger partial charge in [-0.15, -0.1) is 0 Å². The molecule has 1 N–H and O–H groups in total. The first-order valence-corrected chi connectivity index (χ1v) is 7.72. The van der Waals surface area contributed by atoms with Crippen molar-refractivity contribution in [2.45, 2.75) is 33.7 Å². The number of ether oxygens (including phenoxy) is 1. The average Bonchev–Trinajstić information content (AvgIpc) is 2.41. The largest absolute Gasteiger partial charge is 0.457 e. The van der Waals surface area contributed by atoms with Crippen molar-refractivity contribution in [1.29, 1.82) is 0 Å². The molecule has 112 valence electrons. The molecule has 0 bridgehead atoms. The highest BCUT2D eigenvalue weighted by molar-refractivity contribution is 6.31. The molecule has 21 heavy (non-hydrogen) atoms. The van der Waals surface area contributed by atoms with E-state index in [1.54, 1.807) is 0 Å². The second-order valence-corrected chi connectivity index (χ2v) is 5.73. The molecule has 0 aliphatic carbocycles. The van der Waals surface area contributed by atoms with Gasteiger partial charge in [0.2, 0.25) is 0 Å². The van der Waals surface area contributed by atoms with Gasteiger partial charge in [-0.2, -0.15) is 0 Å². The van der Waals surface area contributed by atoms with Crippen molar-refractivity contribution in [3.63, 3.8) is 0 Å². The van der Waals surface area contributed by atoms with Crippen LogP contribution in [0.3, 0.4) is 0 Å². The Kier molecular flexibility index (Phi) is 5.66. The molecule has 0 saturated heterocycles. The van der Waals surface area contributed by atoms with Gasteiger partial charge in [0.05, 0.1) is 0 Å². The molecule has 3 heteroatoms. The molecule has 0 radical (unpaired) electrons. The summed E-state index contributed by atoms with van der Waals surface area (Å²) in [5.41, 5.74) is 3.39. The number of aryl methyl sites for hydroxylation is 2. The Balaban J connectivity index is 2.24. The topological polar surface area (TPSA) is 21.3 Å². The SMILES string of the molecule is CCCNCc1c(Cl)cccc1Oc1cc(C)cc(C)c1. The van der Waals surface area contributed by atoms with Gasteiger partial charge >= 0.3 is 0 Å². The summed E-state index contributed by atoms with van der Waals surface area (Å²) in [7, 11) is 0. The van der Waals surface area contributed by atoms with Crippen LogP contribution in [-0.2, 0) is 6.54 Å². The highest BCUT2D eigenvalue weighted by Crippen LogP contribution is 2.31. The monoisotopic (exact) mass is 303 g/mol. The molecular formula is C18H22ClNO. The maximum Gasteiger partial charge on any atom is 0.133 e. The van der Waals surface area contributed by atoms with Crippen LogP contribution in [-0.4, -0.2) is 6.54 Å². The van der Waals surface area contributed by atoms with Gasteiger partial charge in [-0.1, -0.05) is 30.7 Å². The third-order valence-corrected chi connectivity index (χ3v) is 3.58. The van der Waals surface area contributed by atoms with Crippen molar-refractivity contribution in [2.24, 2.45) is 0 Å². The van der Waals surface area contributed by atoms with Gasteiger partial charge in [0.15, 0.2) is 0 Å². The molecular weight excluding hydrogens is 282 g/mol. The molecule has 0 atom stereocenters. The van der Waals surface area contributed by atoms with E-state index in [0.29, 0.717) is 6.54 Å². The Labute approximate surface area is 132 Å². The van der Waals surface area contributed by atoms with E-state index in [2.05, 4.69) is 32.2 Å². The van der Waals surface area contributed by atoms with Crippen LogP contribution in [0, 0.1) is 13.8 Å². The molecule has 0 fully saturated rings. The van der Waals surface area contributed by atoms with Gasteiger partial charge in [-0.25, -0.2) is 0 Å². The van der Waals surface area contributed by atoms with E-state index in [4.69, 9.17) is 16.3 Å². The van der Waals surface area contributed by atoms with Gasteiger partial charge in [0.1, 0.15) is 11.5 Å². The van der Waals surface area contributed by atoms with Crippen LogP contribution < -0.4 is 10.1 Å². The predicted molar refractivity (Wildman–Crippen MR) is 89.4 cm³/mol. The highest BCUT2D eigenvalue weighted by Gasteiger charge is 2.09. The minimum atomic E-state index is 0.716. The van der Waals surface area contributed by atoms with E-state index >= 15 is 0 Å². The summed E-state index contributed by atoms with van der Waals surface area (Å²) in [4.78, 5) is 0. The first-order chi connectivity index (χ1) is 10.1. The third-order valence-electron chi connectivity index (χ3n) is 3.23. The van der Waals surface area contributed by atoms with Gasteiger partial charge < -0.3 is 10.1 Å². The van der Waals surface area contributed by atoms with Crippen LogP contribution in [0.2, 0.25) is 5.02 Å². The molecule has 0 unspecified atom stereocenters. The number of benzene rings is 2. The van der Waals surface area contributed by atoms with Crippen LogP contribution in [0.15, 0.2) is 36.4 Å². The average molecular weight is 304 g/mol. The third kappa shape index (κ3) is 4.48. The molecule has 0 aromatic heterocycles. The van der Waals surface area contributed by atoms with Crippen LogP contribution in [0.25, 0.3) is 0 Å². The van der Waals surface area contributed by atoms with E-state index < -0.39 is 0 Å². The molecule has 0 aliphatic rings. The number of halogens is 1. The molecule has 0 spiro atoms. The van der Waals surface area contributed by atoms with E-state index in [-0.39, 0.29) is 0 Å². The Bertz CT molecular complexity index is 590. The lowest BCUT2D eigenvalue weighted by Gasteiger charge is -2.14. The second-order valence-electron chi connectivity index (χ2n) is 5.32. The van der Waals surface area contributed by atoms with Gasteiger partial charge in [0.25, 0.3) is 0 Å². The first-order valence-electron chi connectivity index (χ1n) is 7.34. The minimum Gasteiger partial charge on any atom is -0.457 e. The van der Waals surface area contributed by atoms with E-state index in [9.17, 15) is 0 Å². The highest BCUT2D eigenvalue weighted by atomic mass is 35.5. The summed E-state index contributed by atoms with van der Waals surface area (Å²) in [5.74, 6) is 1.67. The lowest BCUT2D eigenvalue weighted by molar-refractivity contribution is 0.472. The quantitative estimate of drug-likeness (QED) is 0.736. The van der Waals surface area contributed by atoms with Crippen molar-refractivity contribution >= 4 is 11.6 Å².